The van der Waals surface area contributed by atoms with Gasteiger partial charge >= 0.3 is 0 Å². The number of likely N-dealkylation sites (tertiary alicyclic amines) is 1. The zero-order chi connectivity index (χ0) is 12.3. The Morgan fingerprint density at radius 1 is 1.29 bits per heavy atom. The van der Waals surface area contributed by atoms with Gasteiger partial charge in [0.05, 0.1) is 19.8 Å². The molecule has 0 spiro atoms. The molecule has 0 aromatic rings. The van der Waals surface area contributed by atoms with Crippen molar-refractivity contribution < 1.29 is 9.47 Å². The Labute approximate surface area is 106 Å². The zero-order valence-corrected chi connectivity index (χ0v) is 11.4. The van der Waals surface area contributed by atoms with Crippen molar-refractivity contribution in [1.82, 2.24) is 10.2 Å². The van der Waals surface area contributed by atoms with Gasteiger partial charge in [0.15, 0.2) is 0 Å². The van der Waals surface area contributed by atoms with Gasteiger partial charge < -0.3 is 19.7 Å². The van der Waals surface area contributed by atoms with Crippen LogP contribution in [0.2, 0.25) is 0 Å². The van der Waals surface area contributed by atoms with E-state index in [1.165, 1.54) is 32.5 Å². The summed E-state index contributed by atoms with van der Waals surface area (Å²) in [5.74, 6) is 0.834. The Kier molecular flexibility index (Phi) is 8.61. The van der Waals surface area contributed by atoms with Gasteiger partial charge in [0.1, 0.15) is 0 Å². The molecule has 1 aliphatic heterocycles. The molecule has 1 rings (SSSR count). The predicted molar refractivity (Wildman–Crippen MR) is 70.4 cm³/mol. The summed E-state index contributed by atoms with van der Waals surface area (Å²) in [6.07, 6.45) is 2.55. The lowest BCUT2D eigenvalue weighted by atomic mass is 10.1. The van der Waals surface area contributed by atoms with Crippen molar-refractivity contribution in [2.24, 2.45) is 5.92 Å². The van der Waals surface area contributed by atoms with E-state index in [2.05, 4.69) is 17.1 Å². The van der Waals surface area contributed by atoms with Crippen molar-refractivity contribution in [2.45, 2.75) is 19.8 Å². The van der Waals surface area contributed by atoms with E-state index >= 15 is 0 Å². The predicted octanol–water partition coefficient (Wildman–Crippen LogP) is 0.971. The normalized spacial score (nSPS) is 21.2. The second-order valence-corrected chi connectivity index (χ2v) is 4.76. The molecule has 0 aromatic heterocycles. The lowest BCUT2D eigenvalue weighted by Gasteiger charge is -2.16. The highest BCUT2D eigenvalue weighted by molar-refractivity contribution is 4.76. The van der Waals surface area contributed by atoms with Crippen LogP contribution in [-0.2, 0) is 9.47 Å². The summed E-state index contributed by atoms with van der Waals surface area (Å²) in [6, 6.07) is 0. The Hall–Kier alpha value is -0.160. The highest BCUT2D eigenvalue weighted by Crippen LogP contribution is 2.14. The first-order valence-corrected chi connectivity index (χ1v) is 6.86. The third-order valence-electron chi connectivity index (χ3n) is 3.21. The lowest BCUT2D eigenvalue weighted by molar-refractivity contribution is 0.0599. The van der Waals surface area contributed by atoms with Crippen molar-refractivity contribution in [3.8, 4) is 0 Å². The molecule has 1 heterocycles. The van der Waals surface area contributed by atoms with Crippen LogP contribution >= 0.6 is 0 Å². The van der Waals surface area contributed by atoms with E-state index in [4.69, 9.17) is 9.47 Å². The third-order valence-corrected chi connectivity index (χ3v) is 3.21. The molecule has 0 amide bonds. The van der Waals surface area contributed by atoms with Gasteiger partial charge in [-0.05, 0) is 38.4 Å². The van der Waals surface area contributed by atoms with Crippen LogP contribution in [0.25, 0.3) is 0 Å². The maximum atomic E-state index is 5.49. The minimum Gasteiger partial charge on any atom is -0.382 e. The van der Waals surface area contributed by atoms with E-state index in [1.807, 2.05) is 0 Å². The van der Waals surface area contributed by atoms with Crippen molar-refractivity contribution in [3.63, 3.8) is 0 Å². The summed E-state index contributed by atoms with van der Waals surface area (Å²) < 4.78 is 10.4. The minimum atomic E-state index is 0.698. The second-order valence-electron chi connectivity index (χ2n) is 4.76. The van der Waals surface area contributed by atoms with E-state index in [0.717, 1.165) is 25.6 Å². The van der Waals surface area contributed by atoms with E-state index in [0.29, 0.717) is 13.2 Å². The van der Waals surface area contributed by atoms with Gasteiger partial charge in [0.2, 0.25) is 0 Å². The molecule has 1 saturated heterocycles. The van der Waals surface area contributed by atoms with Gasteiger partial charge in [0, 0.05) is 20.2 Å². The summed E-state index contributed by atoms with van der Waals surface area (Å²) in [5, 5.41) is 3.51. The van der Waals surface area contributed by atoms with Crippen LogP contribution in [0, 0.1) is 5.92 Å². The first kappa shape index (κ1) is 14.9. The zero-order valence-electron chi connectivity index (χ0n) is 11.4. The number of ether oxygens (including phenoxy) is 2. The van der Waals surface area contributed by atoms with Crippen LogP contribution in [0.1, 0.15) is 19.8 Å². The topological polar surface area (TPSA) is 33.7 Å². The highest BCUT2D eigenvalue weighted by Gasteiger charge is 2.21. The van der Waals surface area contributed by atoms with Gasteiger partial charge in [0.25, 0.3) is 0 Å². The standard InChI is InChI=1S/C13H28N2O2/c1-3-5-14-11-13-4-6-15(12-13)7-8-17-10-9-16-2/h13-14H,3-12H2,1-2H3. The van der Waals surface area contributed by atoms with Gasteiger partial charge in [-0.1, -0.05) is 6.92 Å². The van der Waals surface area contributed by atoms with Crippen molar-refractivity contribution >= 4 is 0 Å². The largest absolute Gasteiger partial charge is 0.382 e. The van der Waals surface area contributed by atoms with Gasteiger partial charge in [-0.25, -0.2) is 0 Å². The number of nitrogens with one attached hydrogen (secondary N) is 1. The van der Waals surface area contributed by atoms with E-state index in [-0.39, 0.29) is 0 Å². The molecule has 4 heteroatoms. The molecular weight excluding hydrogens is 216 g/mol. The molecule has 0 radical (unpaired) electrons. The summed E-state index contributed by atoms with van der Waals surface area (Å²) in [5.41, 5.74) is 0. The van der Waals surface area contributed by atoms with E-state index < -0.39 is 0 Å². The van der Waals surface area contributed by atoms with Crippen LogP contribution in [0.3, 0.4) is 0 Å². The maximum Gasteiger partial charge on any atom is 0.0700 e. The molecule has 1 atom stereocenters. The summed E-state index contributed by atoms with van der Waals surface area (Å²) in [6.45, 7) is 10.3. The summed E-state index contributed by atoms with van der Waals surface area (Å²) >= 11 is 0. The molecule has 1 unspecified atom stereocenters. The molecule has 0 saturated carbocycles. The first-order chi connectivity index (χ1) is 8.36. The molecule has 0 aromatic carbocycles. The maximum absolute atomic E-state index is 5.49. The Bertz CT molecular complexity index is 179. The lowest BCUT2D eigenvalue weighted by Crippen LogP contribution is -2.29. The quantitative estimate of drug-likeness (QED) is 0.581. The molecule has 1 N–H and O–H groups in total. The van der Waals surface area contributed by atoms with E-state index in [9.17, 15) is 0 Å². The number of nitrogens with zero attached hydrogens (tertiary/aromatic N) is 1. The van der Waals surface area contributed by atoms with Crippen molar-refractivity contribution in [2.75, 3.05) is 59.7 Å². The number of rotatable bonds is 10. The van der Waals surface area contributed by atoms with Crippen LogP contribution < -0.4 is 5.32 Å². The molecule has 1 fully saturated rings. The third kappa shape index (κ3) is 6.99. The molecular formula is C13H28N2O2. The van der Waals surface area contributed by atoms with Gasteiger partial charge in [-0.15, -0.1) is 0 Å². The fraction of sp³-hybridized carbons (Fsp3) is 1.00. The summed E-state index contributed by atoms with van der Waals surface area (Å²) in [4.78, 5) is 2.51. The monoisotopic (exact) mass is 244 g/mol. The van der Waals surface area contributed by atoms with Crippen LogP contribution in [0.15, 0.2) is 0 Å². The first-order valence-electron chi connectivity index (χ1n) is 6.86. The Morgan fingerprint density at radius 3 is 2.94 bits per heavy atom. The van der Waals surface area contributed by atoms with Crippen LogP contribution in [-0.4, -0.2) is 64.6 Å². The Morgan fingerprint density at radius 2 is 2.18 bits per heavy atom. The fourth-order valence-corrected chi connectivity index (χ4v) is 2.20. The van der Waals surface area contributed by atoms with Crippen LogP contribution in [0.5, 0.6) is 0 Å². The number of methoxy groups -OCH3 is 1. The Balaban J connectivity index is 1.94. The molecule has 0 bridgehead atoms. The summed E-state index contributed by atoms with van der Waals surface area (Å²) in [7, 11) is 1.71. The highest BCUT2D eigenvalue weighted by atomic mass is 16.5. The molecule has 0 aliphatic carbocycles. The average molecular weight is 244 g/mol. The average Bonchev–Trinajstić information content (AvgIpc) is 2.77. The number of hydrogen-bond acceptors (Lipinski definition) is 4. The smallest absolute Gasteiger partial charge is 0.0700 e. The van der Waals surface area contributed by atoms with Gasteiger partial charge in [-0.3, -0.25) is 0 Å². The molecule has 4 nitrogen and oxygen atoms in total. The van der Waals surface area contributed by atoms with Crippen molar-refractivity contribution in [1.29, 1.82) is 0 Å². The number of hydrogen-bond donors (Lipinski definition) is 1. The van der Waals surface area contributed by atoms with Crippen molar-refractivity contribution in [3.05, 3.63) is 0 Å². The second kappa shape index (κ2) is 9.83. The SMILES string of the molecule is CCCNCC1CCN(CCOCCOC)C1. The van der Waals surface area contributed by atoms with Crippen LogP contribution in [0.4, 0.5) is 0 Å². The fourth-order valence-electron chi connectivity index (χ4n) is 2.20. The molecule has 17 heavy (non-hydrogen) atoms. The molecule has 1 aliphatic rings. The van der Waals surface area contributed by atoms with E-state index in [1.54, 1.807) is 7.11 Å². The van der Waals surface area contributed by atoms with Gasteiger partial charge in [-0.2, -0.15) is 0 Å². The molecule has 102 valence electrons. The minimum absolute atomic E-state index is 0.698.